The fraction of sp³-hybridized carbons (Fsp3) is 0.167. The Kier molecular flexibility index (Phi) is 5.75. The Bertz CT molecular complexity index is 1170. The van der Waals surface area contributed by atoms with Gasteiger partial charge < -0.3 is 10.1 Å². The highest BCUT2D eigenvalue weighted by Crippen LogP contribution is 2.25. The van der Waals surface area contributed by atoms with Gasteiger partial charge in [-0.3, -0.25) is 4.79 Å². The summed E-state index contributed by atoms with van der Waals surface area (Å²) in [6.07, 6.45) is 1.51. The Morgan fingerprint density at radius 1 is 1.00 bits per heavy atom. The van der Waals surface area contributed by atoms with E-state index in [1.165, 1.54) is 11.9 Å². The molecule has 1 unspecified atom stereocenters. The summed E-state index contributed by atoms with van der Waals surface area (Å²) < 4.78 is 6.75. The van der Waals surface area contributed by atoms with E-state index in [1.54, 1.807) is 17.9 Å². The third kappa shape index (κ3) is 4.61. The van der Waals surface area contributed by atoms with Crippen molar-refractivity contribution in [1.82, 2.24) is 25.5 Å². The van der Waals surface area contributed by atoms with Crippen LogP contribution in [0, 0.1) is 6.92 Å². The van der Waals surface area contributed by atoms with Gasteiger partial charge in [0.15, 0.2) is 0 Å². The van der Waals surface area contributed by atoms with Crippen LogP contribution in [0.3, 0.4) is 0 Å². The van der Waals surface area contributed by atoms with Crippen molar-refractivity contribution in [2.24, 2.45) is 0 Å². The molecule has 0 aliphatic carbocycles. The van der Waals surface area contributed by atoms with Crippen molar-refractivity contribution in [2.75, 3.05) is 7.11 Å². The fourth-order valence-electron chi connectivity index (χ4n) is 3.32. The molecule has 1 heterocycles. The summed E-state index contributed by atoms with van der Waals surface area (Å²) in [6, 6.07) is 21.3. The first-order valence-electron chi connectivity index (χ1n) is 9.94. The molecule has 7 nitrogen and oxygen atoms in total. The smallest absolute Gasteiger partial charge is 0.251 e. The van der Waals surface area contributed by atoms with E-state index in [9.17, 15) is 4.79 Å². The van der Waals surface area contributed by atoms with Gasteiger partial charge in [-0.15, -0.1) is 5.10 Å². The second-order valence-electron chi connectivity index (χ2n) is 7.36. The van der Waals surface area contributed by atoms with Gasteiger partial charge in [-0.2, -0.15) is 0 Å². The van der Waals surface area contributed by atoms with Gasteiger partial charge in [0.25, 0.3) is 5.91 Å². The van der Waals surface area contributed by atoms with E-state index in [1.807, 2.05) is 74.5 Å². The Morgan fingerprint density at radius 2 is 1.74 bits per heavy atom. The first-order valence-corrected chi connectivity index (χ1v) is 9.94. The van der Waals surface area contributed by atoms with Gasteiger partial charge >= 0.3 is 0 Å². The molecule has 3 aromatic carbocycles. The number of amides is 1. The van der Waals surface area contributed by atoms with E-state index >= 15 is 0 Å². The Balaban J connectivity index is 1.65. The van der Waals surface area contributed by atoms with Crippen LogP contribution in [-0.2, 0) is 0 Å². The number of tetrazole rings is 1. The number of hydrogen-bond acceptors (Lipinski definition) is 5. The van der Waals surface area contributed by atoms with E-state index < -0.39 is 0 Å². The lowest BCUT2D eigenvalue weighted by molar-refractivity contribution is 0.0940. The van der Waals surface area contributed by atoms with Gasteiger partial charge in [0.2, 0.25) is 0 Å². The minimum Gasteiger partial charge on any atom is -0.497 e. The number of hydrogen-bond donors (Lipinski definition) is 1. The maximum absolute atomic E-state index is 13.1. The van der Waals surface area contributed by atoms with Crippen LogP contribution in [0.4, 0.5) is 0 Å². The third-order valence-corrected chi connectivity index (χ3v) is 5.14. The lowest BCUT2D eigenvalue weighted by Crippen LogP contribution is -2.26. The number of methoxy groups -OCH3 is 1. The number of aromatic nitrogens is 4. The van der Waals surface area contributed by atoms with Crippen LogP contribution < -0.4 is 10.1 Å². The van der Waals surface area contributed by atoms with E-state index in [0.29, 0.717) is 11.3 Å². The standard InChI is InChI=1S/C24H23N5O2/c1-16-4-6-19(7-5-16)20-12-21(14-22(13-20)29-15-25-27-28-29)24(30)26-17(2)18-8-10-23(31-3)11-9-18/h4-15,17H,1-3H3,(H,26,30). The third-order valence-electron chi connectivity index (χ3n) is 5.14. The van der Waals surface area contributed by atoms with Gasteiger partial charge in [0, 0.05) is 5.56 Å². The highest BCUT2D eigenvalue weighted by Gasteiger charge is 2.15. The number of nitrogens with zero attached hydrogens (tertiary/aromatic N) is 4. The zero-order valence-electron chi connectivity index (χ0n) is 17.6. The number of carbonyl (C=O) groups is 1. The average molecular weight is 413 g/mol. The van der Waals surface area contributed by atoms with E-state index in [4.69, 9.17) is 4.74 Å². The van der Waals surface area contributed by atoms with Gasteiger partial charge in [-0.25, -0.2) is 4.68 Å². The molecule has 4 rings (SSSR count). The fourth-order valence-corrected chi connectivity index (χ4v) is 3.32. The Labute approximate surface area is 180 Å². The SMILES string of the molecule is COc1ccc(C(C)NC(=O)c2cc(-c3ccc(C)cc3)cc(-n3cnnn3)c2)cc1. The molecule has 0 saturated carbocycles. The number of rotatable bonds is 6. The molecule has 156 valence electrons. The first-order chi connectivity index (χ1) is 15.0. The van der Waals surface area contributed by atoms with Crippen LogP contribution in [0.15, 0.2) is 73.1 Å². The highest BCUT2D eigenvalue weighted by molar-refractivity contribution is 5.96. The zero-order valence-corrected chi connectivity index (χ0v) is 17.6. The molecule has 0 fully saturated rings. The summed E-state index contributed by atoms with van der Waals surface area (Å²) in [7, 11) is 1.63. The molecule has 0 saturated heterocycles. The second-order valence-corrected chi connectivity index (χ2v) is 7.36. The largest absolute Gasteiger partial charge is 0.497 e. The van der Waals surface area contributed by atoms with Crippen LogP contribution in [0.5, 0.6) is 5.75 Å². The molecule has 0 spiro atoms. The molecule has 1 aromatic heterocycles. The van der Waals surface area contributed by atoms with Crippen molar-refractivity contribution in [3.8, 4) is 22.6 Å². The van der Waals surface area contributed by atoms with Gasteiger partial charge in [0.05, 0.1) is 18.8 Å². The minimum atomic E-state index is -0.174. The van der Waals surface area contributed by atoms with Gasteiger partial charge in [0.1, 0.15) is 12.1 Å². The van der Waals surface area contributed by atoms with Gasteiger partial charge in [-0.05, 0) is 71.3 Å². The molecular weight excluding hydrogens is 390 g/mol. The number of aryl methyl sites for hydroxylation is 1. The molecule has 31 heavy (non-hydrogen) atoms. The van der Waals surface area contributed by atoms with Crippen molar-refractivity contribution in [3.05, 3.63) is 89.7 Å². The van der Waals surface area contributed by atoms with Gasteiger partial charge in [-0.1, -0.05) is 42.0 Å². The molecule has 1 N–H and O–H groups in total. The summed E-state index contributed by atoms with van der Waals surface area (Å²) in [5, 5.41) is 14.5. The van der Waals surface area contributed by atoms with Crippen LogP contribution in [0.25, 0.3) is 16.8 Å². The summed E-state index contributed by atoms with van der Waals surface area (Å²) >= 11 is 0. The van der Waals surface area contributed by atoms with E-state index in [0.717, 1.165) is 22.4 Å². The van der Waals surface area contributed by atoms with E-state index in [2.05, 4.69) is 20.8 Å². The zero-order chi connectivity index (χ0) is 21.8. The molecule has 0 radical (unpaired) electrons. The van der Waals surface area contributed by atoms with Crippen LogP contribution in [-0.4, -0.2) is 33.2 Å². The van der Waals surface area contributed by atoms with Crippen molar-refractivity contribution in [2.45, 2.75) is 19.9 Å². The quantitative estimate of drug-likeness (QED) is 0.514. The normalized spacial score (nSPS) is 11.7. The van der Waals surface area contributed by atoms with Crippen molar-refractivity contribution < 1.29 is 9.53 Å². The predicted octanol–water partition coefficient (Wildman–Crippen LogP) is 4.14. The molecular formula is C24H23N5O2. The van der Waals surface area contributed by atoms with Crippen molar-refractivity contribution in [1.29, 1.82) is 0 Å². The van der Waals surface area contributed by atoms with Crippen molar-refractivity contribution in [3.63, 3.8) is 0 Å². The van der Waals surface area contributed by atoms with Crippen LogP contribution >= 0.6 is 0 Å². The van der Waals surface area contributed by atoms with E-state index in [-0.39, 0.29) is 11.9 Å². The molecule has 0 aliphatic rings. The predicted molar refractivity (Wildman–Crippen MR) is 118 cm³/mol. The summed E-state index contributed by atoms with van der Waals surface area (Å²) in [6.45, 7) is 3.99. The molecule has 4 aromatic rings. The first kappa shape index (κ1) is 20.3. The number of carbonyl (C=O) groups excluding carboxylic acids is 1. The number of ether oxygens (including phenoxy) is 1. The minimum absolute atomic E-state index is 0.169. The van der Waals surface area contributed by atoms with Crippen LogP contribution in [0.1, 0.15) is 34.5 Å². The maximum Gasteiger partial charge on any atom is 0.251 e. The average Bonchev–Trinajstić information content (AvgIpc) is 3.34. The van der Waals surface area contributed by atoms with Crippen LogP contribution in [0.2, 0.25) is 0 Å². The monoisotopic (exact) mass is 413 g/mol. The molecule has 0 aliphatic heterocycles. The number of nitrogens with one attached hydrogen (secondary N) is 1. The lowest BCUT2D eigenvalue weighted by Gasteiger charge is -2.16. The molecule has 1 amide bonds. The summed E-state index contributed by atoms with van der Waals surface area (Å²) in [5.74, 6) is 0.603. The molecule has 7 heteroatoms. The highest BCUT2D eigenvalue weighted by atomic mass is 16.5. The van der Waals surface area contributed by atoms with Crippen molar-refractivity contribution >= 4 is 5.91 Å². The topological polar surface area (TPSA) is 81.9 Å². The molecule has 1 atom stereocenters. The summed E-state index contributed by atoms with van der Waals surface area (Å²) in [4.78, 5) is 13.1. The lowest BCUT2D eigenvalue weighted by atomic mass is 10.00. The number of benzene rings is 3. The Hall–Kier alpha value is -4.00. The molecule has 0 bridgehead atoms. The maximum atomic E-state index is 13.1. The Morgan fingerprint density at radius 3 is 2.39 bits per heavy atom. The second kappa shape index (κ2) is 8.79. The summed E-state index contributed by atoms with van der Waals surface area (Å²) in [5.41, 5.74) is 5.33.